The van der Waals surface area contributed by atoms with Crippen LogP contribution in [-0.4, -0.2) is 145 Å². The predicted octanol–water partition coefficient (Wildman–Crippen LogP) is 9.23. The van der Waals surface area contributed by atoms with E-state index in [1.165, 1.54) is 0 Å². The van der Waals surface area contributed by atoms with Crippen LogP contribution in [0, 0.1) is 0 Å². The third kappa shape index (κ3) is 8.27. The summed E-state index contributed by atoms with van der Waals surface area (Å²) in [4.78, 5) is 21.9. The predicted molar refractivity (Wildman–Crippen MR) is 127 cm³/mol. The van der Waals surface area contributed by atoms with Gasteiger partial charge < -0.3 is 19.1 Å². The van der Waals surface area contributed by atoms with Crippen LogP contribution in [-0.2, 0) is 14.3 Å². The van der Waals surface area contributed by atoms with E-state index in [9.17, 15) is 160 Å². The zero-order valence-electron chi connectivity index (χ0n) is 29.3. The van der Waals surface area contributed by atoms with Gasteiger partial charge in [0.15, 0.2) is 6.10 Å². The molecular weight excluding hydrogens is 1010 g/mol. The van der Waals surface area contributed by atoms with Crippen LogP contribution in [0.3, 0.4) is 0 Å². The molecule has 0 rings (SSSR count). The second kappa shape index (κ2) is 15.6. The number of carboxylic acids is 1. The highest BCUT2D eigenvalue weighted by Gasteiger charge is 3.02. The highest BCUT2D eigenvalue weighted by molar-refractivity contribution is 5.66. The lowest BCUT2D eigenvalue weighted by Gasteiger charge is -2.47. The number of carbonyl (C=O) groups is 2. The zero-order chi connectivity index (χ0) is 52.1. The van der Waals surface area contributed by atoms with Crippen LogP contribution in [0.15, 0.2) is 0 Å². The summed E-state index contributed by atoms with van der Waals surface area (Å²) < 4.78 is 458. The summed E-state index contributed by atoms with van der Waals surface area (Å²) in [5.41, 5.74) is 0. The van der Waals surface area contributed by atoms with Crippen LogP contribution < -0.4 is 5.11 Å². The standard InChI is InChI=1S/C25H16F33NO4/c1-7(60)63-8(5-59(2,3)6-9(61)62)4-10(26,27)11(28,29)12(30,31)13(32,33)14(34,35)15(36,37)16(38,39)17(40,41)18(42,43)19(44,45)20(46,47)21(48,49)22(50,51)23(52,53)24(54,55)25(56,57)58/h8H,4-6H2,1-3H3. The smallest absolute Gasteiger partial charge is 0.460 e. The van der Waals surface area contributed by atoms with Gasteiger partial charge in [-0.15, -0.1) is 0 Å². The van der Waals surface area contributed by atoms with Crippen LogP contribution in [0.2, 0.25) is 0 Å². The van der Waals surface area contributed by atoms with Crippen molar-refractivity contribution in [2.24, 2.45) is 0 Å². The number of carbonyl (C=O) groups excluding carboxylic acids is 2. The molecule has 0 aliphatic carbocycles. The average molecular weight is 1020 g/mol. The largest absolute Gasteiger partial charge is 0.544 e. The molecule has 0 saturated heterocycles. The third-order valence-corrected chi connectivity index (χ3v) is 8.01. The van der Waals surface area contributed by atoms with Crippen LogP contribution in [0.5, 0.6) is 0 Å². The Kier molecular flexibility index (Phi) is 14.8. The average Bonchev–Trinajstić information content (AvgIpc) is 3.01. The van der Waals surface area contributed by atoms with E-state index in [1.807, 2.05) is 0 Å². The molecule has 0 heterocycles. The van der Waals surface area contributed by atoms with Gasteiger partial charge in [-0.1, -0.05) is 0 Å². The van der Waals surface area contributed by atoms with Crippen molar-refractivity contribution in [1.29, 1.82) is 0 Å². The second-order valence-corrected chi connectivity index (χ2v) is 13.3. The number of hydrogen-bond donors (Lipinski definition) is 0. The first-order chi connectivity index (χ1) is 26.7. The van der Waals surface area contributed by atoms with Gasteiger partial charge in [0.1, 0.15) is 13.1 Å². The first kappa shape index (κ1) is 59.6. The molecule has 0 spiro atoms. The maximum Gasteiger partial charge on any atom is 0.460 e. The fourth-order valence-corrected chi connectivity index (χ4v) is 4.53. The summed E-state index contributed by atoms with van der Waals surface area (Å²) in [6.45, 7) is -3.04. The molecule has 63 heavy (non-hydrogen) atoms. The number of quaternary nitrogens is 1. The molecule has 0 aromatic rings. The van der Waals surface area contributed by atoms with Gasteiger partial charge in [-0.25, -0.2) is 0 Å². The van der Waals surface area contributed by atoms with Crippen molar-refractivity contribution in [2.75, 3.05) is 27.2 Å². The number of esters is 1. The quantitative estimate of drug-likeness (QED) is 0.0654. The summed E-state index contributed by atoms with van der Waals surface area (Å²) >= 11 is 0. The zero-order valence-corrected chi connectivity index (χ0v) is 29.3. The van der Waals surface area contributed by atoms with Crippen molar-refractivity contribution < 1.29 is 169 Å². The number of halogens is 33. The lowest BCUT2D eigenvalue weighted by Crippen LogP contribution is -2.80. The van der Waals surface area contributed by atoms with Gasteiger partial charge in [-0.3, -0.25) is 4.79 Å². The van der Waals surface area contributed by atoms with Crippen molar-refractivity contribution in [3.63, 3.8) is 0 Å². The lowest BCUT2D eigenvalue weighted by molar-refractivity contribution is -0.887. The van der Waals surface area contributed by atoms with Gasteiger partial charge in [0.05, 0.1) is 26.5 Å². The van der Waals surface area contributed by atoms with Crippen molar-refractivity contribution in [3.05, 3.63) is 0 Å². The Morgan fingerprint density at radius 2 is 0.619 bits per heavy atom. The van der Waals surface area contributed by atoms with Crippen LogP contribution in [0.4, 0.5) is 145 Å². The second-order valence-electron chi connectivity index (χ2n) is 13.3. The Bertz CT molecular complexity index is 1680. The molecular formula is C25H16F33NO4. The molecule has 38 heteroatoms. The fourth-order valence-electron chi connectivity index (χ4n) is 4.53. The Morgan fingerprint density at radius 3 is 0.810 bits per heavy atom. The minimum atomic E-state index is -10.3. The molecule has 0 fully saturated rings. The Labute approximate surface area is 323 Å². The highest BCUT2D eigenvalue weighted by atomic mass is 19.4. The lowest BCUT2D eigenvalue weighted by atomic mass is 9.82. The van der Waals surface area contributed by atoms with E-state index in [-0.39, 0.29) is 6.92 Å². The van der Waals surface area contributed by atoms with Gasteiger partial charge in [0.25, 0.3) is 0 Å². The number of aliphatic carboxylic acids is 1. The van der Waals surface area contributed by atoms with Crippen LogP contribution in [0.25, 0.3) is 0 Å². The Balaban J connectivity index is 7.70. The van der Waals surface area contributed by atoms with E-state index < -0.39 is 137 Å². The summed E-state index contributed by atoms with van der Waals surface area (Å²) in [5.74, 6) is -149. The first-order valence-corrected chi connectivity index (χ1v) is 14.6. The summed E-state index contributed by atoms with van der Waals surface area (Å²) in [6.07, 6.45) is -15.2. The summed E-state index contributed by atoms with van der Waals surface area (Å²) in [7, 11) is 1.09. The molecule has 376 valence electrons. The van der Waals surface area contributed by atoms with Crippen molar-refractivity contribution >= 4 is 11.9 Å². The summed E-state index contributed by atoms with van der Waals surface area (Å²) in [6, 6.07) is 0. The van der Waals surface area contributed by atoms with Crippen molar-refractivity contribution in [1.82, 2.24) is 0 Å². The summed E-state index contributed by atoms with van der Waals surface area (Å²) in [5, 5.41) is 10.8. The van der Waals surface area contributed by atoms with E-state index in [4.69, 9.17) is 0 Å². The van der Waals surface area contributed by atoms with Gasteiger partial charge in [-0.2, -0.15) is 145 Å². The highest BCUT2D eigenvalue weighted by Crippen LogP contribution is 2.70. The number of hydrogen-bond acceptors (Lipinski definition) is 4. The number of nitrogens with zero attached hydrogens (tertiary/aromatic N) is 1. The number of rotatable bonds is 21. The molecule has 0 aliphatic rings. The van der Waals surface area contributed by atoms with Gasteiger partial charge in [0.2, 0.25) is 0 Å². The van der Waals surface area contributed by atoms with E-state index in [1.54, 1.807) is 0 Å². The molecule has 0 aromatic carbocycles. The van der Waals surface area contributed by atoms with Crippen LogP contribution >= 0.6 is 0 Å². The van der Waals surface area contributed by atoms with E-state index in [0.717, 1.165) is 0 Å². The molecule has 0 saturated carbocycles. The van der Waals surface area contributed by atoms with Gasteiger partial charge >= 0.3 is 101 Å². The third-order valence-electron chi connectivity index (χ3n) is 8.01. The number of carboxylic acid groups (broad SMARTS) is 1. The monoisotopic (exact) mass is 1020 g/mol. The number of ether oxygens (including phenoxy) is 1. The maximum atomic E-state index is 14.5. The topological polar surface area (TPSA) is 66.4 Å². The molecule has 5 nitrogen and oxygen atoms in total. The fraction of sp³-hybridized carbons (Fsp3) is 0.920. The van der Waals surface area contributed by atoms with Crippen molar-refractivity contribution in [2.45, 2.75) is 114 Å². The van der Waals surface area contributed by atoms with Gasteiger partial charge in [0, 0.05) is 6.92 Å². The molecule has 1 atom stereocenters. The Hall–Kier alpha value is -3.41. The molecule has 0 N–H and O–H groups in total. The van der Waals surface area contributed by atoms with Gasteiger partial charge in [-0.05, 0) is 0 Å². The first-order valence-electron chi connectivity index (χ1n) is 14.6. The number of alkyl halides is 33. The normalized spacial score (nSPS) is 16.9. The van der Waals surface area contributed by atoms with E-state index in [2.05, 4.69) is 4.74 Å². The van der Waals surface area contributed by atoms with Crippen LogP contribution in [0.1, 0.15) is 13.3 Å². The maximum absolute atomic E-state index is 14.5. The molecule has 0 radical (unpaired) electrons. The molecule has 0 bridgehead atoms. The minimum absolute atomic E-state index is 0.128. The Morgan fingerprint density at radius 1 is 0.413 bits per heavy atom. The van der Waals surface area contributed by atoms with E-state index >= 15 is 0 Å². The molecule has 0 amide bonds. The minimum Gasteiger partial charge on any atom is -0.544 e. The van der Waals surface area contributed by atoms with Crippen molar-refractivity contribution in [3.8, 4) is 0 Å². The molecule has 0 aliphatic heterocycles. The SMILES string of the molecule is CC(=O)OC(CC(F)(F)C(F)(F)C(F)(F)C(F)(F)C(F)(F)C(F)(F)C(F)(F)C(F)(F)C(F)(F)C(F)(F)C(F)(F)C(F)(F)C(F)(F)C(F)(F)C(F)(F)C(F)(F)F)C[N+](C)(C)CC(=O)[O-]. The number of likely N-dealkylation sites (N-methyl/N-ethyl adjacent to an activating group) is 1. The van der Waals surface area contributed by atoms with E-state index in [0.29, 0.717) is 14.1 Å². The molecule has 1 unspecified atom stereocenters. The molecule has 0 aromatic heterocycles.